The van der Waals surface area contributed by atoms with E-state index in [0.29, 0.717) is 15.3 Å². The molecule has 0 saturated carbocycles. The summed E-state index contributed by atoms with van der Waals surface area (Å²) in [6, 6.07) is 21.7. The van der Waals surface area contributed by atoms with Crippen molar-refractivity contribution >= 4 is 168 Å². The molecular formula is C64H85BrCl3IN14O3SSn. The van der Waals surface area contributed by atoms with Crippen molar-refractivity contribution in [1.29, 1.82) is 0 Å². The molecule has 88 heavy (non-hydrogen) atoms. The third-order valence-electron chi connectivity index (χ3n) is 16.3. The van der Waals surface area contributed by atoms with E-state index >= 15 is 0 Å². The maximum atomic E-state index is 12.7. The Balaban J connectivity index is 0.000000159. The number of likely N-dealkylation sites (N-methyl/N-ethyl adjacent to an activating group) is 2. The first-order valence-electron chi connectivity index (χ1n) is 30.4. The Labute approximate surface area is 564 Å². The Kier molecular flexibility index (Phi) is 25.1. The summed E-state index contributed by atoms with van der Waals surface area (Å²) >= 11 is 22.5. The largest absolute Gasteiger partial charge is 0.467 e. The average molecular weight is 1560 g/mol. The summed E-state index contributed by atoms with van der Waals surface area (Å²) in [5, 5.41) is 15.4. The molecule has 7 aromatic heterocycles. The third kappa shape index (κ3) is 17.2. The van der Waals surface area contributed by atoms with Crippen LogP contribution < -0.4 is 13.5 Å². The number of halogens is 5. The van der Waals surface area contributed by atoms with Gasteiger partial charge in [-0.2, -0.15) is 10.2 Å². The molecule has 0 bridgehead atoms. The summed E-state index contributed by atoms with van der Waals surface area (Å²) in [5.74, 6) is 1.63. The van der Waals surface area contributed by atoms with Crippen LogP contribution in [-0.2, 0) is 35.4 Å². The van der Waals surface area contributed by atoms with E-state index in [0.717, 1.165) is 132 Å². The number of hydrogen-bond donors (Lipinski definition) is 0. The second-order valence-corrected chi connectivity index (χ2v) is 41.5. The number of nitrogens with zero attached hydrogens (tertiary/aromatic N) is 14. The van der Waals surface area contributed by atoms with E-state index in [4.69, 9.17) is 54.4 Å². The zero-order valence-corrected chi connectivity index (χ0v) is 62.9. The van der Waals surface area contributed by atoms with Crippen molar-refractivity contribution in [3.05, 3.63) is 101 Å². The molecule has 11 rings (SSSR count). The van der Waals surface area contributed by atoms with Gasteiger partial charge in [-0.05, 0) is 127 Å². The number of esters is 1. The van der Waals surface area contributed by atoms with E-state index in [-0.39, 0.29) is 0 Å². The number of anilines is 2. The van der Waals surface area contributed by atoms with Crippen LogP contribution >= 0.6 is 84.7 Å². The van der Waals surface area contributed by atoms with Gasteiger partial charge < -0.3 is 19.3 Å². The van der Waals surface area contributed by atoms with E-state index in [1.165, 1.54) is 79.5 Å². The quantitative estimate of drug-likeness (QED) is 0.0390. The Bertz CT molecular complexity index is 3780. The fourth-order valence-corrected chi connectivity index (χ4v) is 29.5. The summed E-state index contributed by atoms with van der Waals surface area (Å²) in [7, 11) is 11.6. The summed E-state index contributed by atoms with van der Waals surface area (Å²) in [5.41, 5.74) is 10.0. The molecule has 2 saturated heterocycles. The summed E-state index contributed by atoms with van der Waals surface area (Å²) in [6.07, 6.45) is 7.18. The van der Waals surface area contributed by atoms with Gasteiger partial charge in [-0.15, -0.1) is 11.3 Å². The van der Waals surface area contributed by atoms with Crippen molar-refractivity contribution in [1.82, 2.24) is 59.1 Å². The van der Waals surface area contributed by atoms with Crippen LogP contribution in [0.25, 0.3) is 54.4 Å². The predicted molar refractivity (Wildman–Crippen MR) is 380 cm³/mol. The smallest absolute Gasteiger partial charge is 0.339 e. The van der Waals surface area contributed by atoms with Gasteiger partial charge in [-0.3, -0.25) is 9.36 Å². The molecule has 2 aliphatic heterocycles. The molecule has 2 fully saturated rings. The number of aryl methyl sites for hydroxylation is 4. The summed E-state index contributed by atoms with van der Waals surface area (Å²) in [4.78, 5) is 40.8. The Morgan fingerprint density at radius 1 is 0.659 bits per heavy atom. The zero-order chi connectivity index (χ0) is 63.6. The molecule has 2 aliphatic rings. The van der Waals surface area contributed by atoms with Crippen LogP contribution in [0.4, 0.5) is 11.6 Å². The number of hydrogen-bond acceptors (Lipinski definition) is 15. The Morgan fingerprint density at radius 2 is 1.12 bits per heavy atom. The zero-order valence-electron chi connectivity index (χ0n) is 53.2. The van der Waals surface area contributed by atoms with E-state index < -0.39 is 36.1 Å². The predicted octanol–water partition coefficient (Wildman–Crippen LogP) is 15.1. The monoisotopic (exact) mass is 1560 g/mol. The molecule has 0 aliphatic carbocycles. The van der Waals surface area contributed by atoms with Crippen LogP contribution in [0, 0.1) is 10.6 Å². The molecular weight excluding hydrogens is 1480 g/mol. The molecule has 0 amide bonds. The maximum Gasteiger partial charge on any atom is 0.339 e. The number of benzene rings is 2. The van der Waals surface area contributed by atoms with Gasteiger partial charge >= 0.3 is 194 Å². The van der Waals surface area contributed by atoms with Gasteiger partial charge in [0.2, 0.25) is 0 Å². The average Bonchev–Trinajstić information content (AvgIpc) is 1.50. The minimum Gasteiger partial charge on any atom is -0.467 e. The van der Waals surface area contributed by atoms with Crippen molar-refractivity contribution in [2.45, 2.75) is 112 Å². The number of fused-ring (bicyclic) bond motifs is 4. The molecule has 2 aromatic carbocycles. The number of carbonyl (C=O) groups is 1. The number of methoxy groups -OCH3 is 1. The van der Waals surface area contributed by atoms with Gasteiger partial charge in [0.05, 0.1) is 34.0 Å². The number of carbonyl (C=O) groups excluding carboxylic acids is 1. The molecule has 9 aromatic rings. The first kappa shape index (κ1) is 69.9. The van der Waals surface area contributed by atoms with E-state index in [1.54, 1.807) is 16.8 Å². The molecule has 0 unspecified atom stereocenters. The molecule has 0 N–H and O–H groups in total. The van der Waals surface area contributed by atoms with Gasteiger partial charge in [0, 0.05) is 56.4 Å². The van der Waals surface area contributed by atoms with Crippen LogP contribution in [0.15, 0.2) is 70.6 Å². The van der Waals surface area contributed by atoms with E-state index in [2.05, 4.69) is 137 Å². The normalized spacial score (nSPS) is 14.7. The van der Waals surface area contributed by atoms with Crippen molar-refractivity contribution in [3.8, 4) is 11.1 Å². The van der Waals surface area contributed by atoms with Crippen LogP contribution in [-0.4, -0.2) is 163 Å². The second-order valence-electron chi connectivity index (χ2n) is 24.0. The standard InChI is InChI=1S/C21H21BrClNO3S.C12H16ClN5.C12H16N5.C7H5ClIN3.3C4H9.Sn/c1-11-10-14-18(28-20(22)24-14)16(12-6-8-13(23)9-7-12)15(11)17(19(25)26-5)27-21(2,3)4;1-16-5-7-18(8-6-16)12-11-9(17(2)15-12)3-4-10(13)14-11;1-15-6-8-17(9-7-15)12-11-10(16(2)14-12)4-3-5-13-11;1-12-4-2-3-5(8)10-6(4)7(9)11-12;3*1-3-4-2;/h6-10,17H,1-5H3;3-4H,5-8H2,1-2H3;3-4H,6-9H2,1-2H3;2-3H,1H3;3*1,3-4H2,2H3;/t17-;;;;;;;/m0......./s1. The van der Waals surface area contributed by atoms with Gasteiger partial charge in [-0.25, -0.2) is 19.7 Å². The van der Waals surface area contributed by atoms with Crippen LogP contribution in [0.5, 0.6) is 0 Å². The molecule has 0 spiro atoms. The second kappa shape index (κ2) is 31.6. The minimum atomic E-state index is -2.53. The molecule has 1 atom stereocenters. The van der Waals surface area contributed by atoms with Crippen LogP contribution in [0.1, 0.15) is 97.3 Å². The first-order chi connectivity index (χ1) is 42.0. The fourth-order valence-electron chi connectivity index (χ4n) is 11.5. The van der Waals surface area contributed by atoms with Crippen molar-refractivity contribution < 1.29 is 14.3 Å². The SMILES string of the molecule is CCC[CH2][Sn]([CH2]CCC)([CH2]CCC)[c]1ccc2c(n1)c(N1CCN(C)CC1)nn2C.CN1CCN(c2nn(C)c3ccc(Cl)nc23)CC1.COC(=O)[C@@H](OC(C)(C)C)c1c(C)cc2nc(Br)sc2c1-c1ccc(Cl)cc1.Cn1nc(I)c2nc(Cl)ccc21. The fraction of sp³-hybridized carbons (Fsp3) is 0.500. The molecule has 17 nitrogen and oxygen atoms in total. The Hall–Kier alpha value is -3.98. The molecule has 474 valence electrons. The molecule has 0 radical (unpaired) electrons. The number of pyridine rings is 3. The maximum absolute atomic E-state index is 12.7. The number of rotatable bonds is 16. The van der Waals surface area contributed by atoms with Crippen LogP contribution in [0.3, 0.4) is 0 Å². The number of thiazole rings is 1. The topological polar surface area (TPSA) is 154 Å². The number of aromatic nitrogens is 10. The molecule has 24 heteroatoms. The van der Waals surface area contributed by atoms with Gasteiger partial charge in [-0.1, -0.05) is 46.9 Å². The number of ether oxygens (including phenoxy) is 2. The summed E-state index contributed by atoms with van der Waals surface area (Å²) in [6.45, 7) is 23.1. The Morgan fingerprint density at radius 3 is 1.61 bits per heavy atom. The number of unbranched alkanes of at least 4 members (excludes halogenated alkanes) is 3. The van der Waals surface area contributed by atoms with Crippen molar-refractivity contribution in [3.63, 3.8) is 0 Å². The minimum absolute atomic E-state index is 0.434. The van der Waals surface area contributed by atoms with Gasteiger partial charge in [0.1, 0.15) is 25.0 Å². The van der Waals surface area contributed by atoms with Crippen LogP contribution in [0.2, 0.25) is 28.6 Å². The van der Waals surface area contributed by atoms with E-state index in [9.17, 15) is 4.79 Å². The van der Waals surface area contributed by atoms with Gasteiger partial charge in [0.15, 0.2) is 15.8 Å². The summed E-state index contributed by atoms with van der Waals surface area (Å²) < 4.78 is 25.5. The first-order valence-corrected chi connectivity index (χ1v) is 41.7. The number of piperazine rings is 2. The third-order valence-corrected chi connectivity index (χ3v) is 34.4. The molecule has 9 heterocycles. The van der Waals surface area contributed by atoms with E-state index in [1.807, 2.05) is 93.6 Å². The van der Waals surface area contributed by atoms with Crippen molar-refractivity contribution in [2.24, 2.45) is 21.1 Å². The van der Waals surface area contributed by atoms with Crippen molar-refractivity contribution in [2.75, 3.05) is 83.4 Å². The van der Waals surface area contributed by atoms with Gasteiger partial charge in [0.25, 0.3) is 0 Å².